The predicted octanol–water partition coefficient (Wildman–Crippen LogP) is 15.6. The minimum absolute atomic E-state index is 0.875. The molecule has 2 aromatic heterocycles. The molecule has 0 bridgehead atoms. The molecule has 0 aliphatic heterocycles. The highest BCUT2D eigenvalue weighted by Gasteiger charge is 2.20. The largest absolute Gasteiger partial charge is 0.456 e. The predicted molar refractivity (Wildman–Crippen MR) is 235 cm³/mol. The Morgan fingerprint density at radius 1 is 0.364 bits per heavy atom. The quantitative estimate of drug-likeness (QED) is 0.170. The van der Waals surface area contributed by atoms with Gasteiger partial charge in [-0.2, -0.15) is 0 Å². The second-order valence-corrected chi connectivity index (χ2v) is 15.2. The van der Waals surface area contributed by atoms with Gasteiger partial charge in [0.25, 0.3) is 0 Å². The van der Waals surface area contributed by atoms with Gasteiger partial charge in [0.1, 0.15) is 11.2 Å². The maximum atomic E-state index is 6.37. The molecule has 0 radical (unpaired) electrons. The summed E-state index contributed by atoms with van der Waals surface area (Å²) in [5.74, 6) is 0. The van der Waals surface area contributed by atoms with Gasteiger partial charge in [-0.05, 0) is 98.8 Å². The second-order valence-electron chi connectivity index (χ2n) is 14.1. The van der Waals surface area contributed by atoms with Gasteiger partial charge in [-0.3, -0.25) is 0 Å². The van der Waals surface area contributed by atoms with Crippen molar-refractivity contribution in [3.63, 3.8) is 0 Å². The fourth-order valence-electron chi connectivity index (χ4n) is 8.20. The average Bonchev–Trinajstić information content (AvgIpc) is 3.83. The molecule has 2 nitrogen and oxygen atoms in total. The van der Waals surface area contributed by atoms with E-state index in [-0.39, 0.29) is 0 Å². The molecular formula is C52H33NOS. The van der Waals surface area contributed by atoms with Crippen LogP contribution in [0.15, 0.2) is 205 Å². The van der Waals surface area contributed by atoms with Gasteiger partial charge in [0.2, 0.25) is 0 Å². The number of rotatable bonds is 6. The zero-order valence-electron chi connectivity index (χ0n) is 29.8. The standard InChI is InChI=1S/C52H33NOS/c1-2-11-42-37(9-1)10-7-14-43(42)38-21-19-34(20-22-38)35-23-28-40(29-24-35)53(47-15-8-17-49-52(47)46-13-3-5-16-48(46)54-49)41-30-25-36(26-31-41)39-27-32-45-44-12-4-6-18-50(44)55-51(45)33-39/h1-33H. The molecule has 0 aliphatic rings. The SMILES string of the molecule is c1ccc2c(-c3ccc(-c4ccc(N(c5ccc(-c6ccc7c(c6)sc6ccccc67)cc5)c5cccc6oc7ccccc7c56)cc4)cc3)cccc2c1. The van der Waals surface area contributed by atoms with Crippen molar-refractivity contribution in [1.29, 1.82) is 0 Å². The van der Waals surface area contributed by atoms with Gasteiger partial charge < -0.3 is 9.32 Å². The number of nitrogens with zero attached hydrogens (tertiary/aromatic N) is 1. The molecular weight excluding hydrogens is 687 g/mol. The van der Waals surface area contributed by atoms with Crippen LogP contribution in [0.4, 0.5) is 17.1 Å². The third-order valence-corrected chi connectivity index (χ3v) is 12.0. The van der Waals surface area contributed by atoms with Crippen LogP contribution in [-0.4, -0.2) is 0 Å². The van der Waals surface area contributed by atoms with E-state index < -0.39 is 0 Å². The van der Waals surface area contributed by atoms with Crippen LogP contribution >= 0.6 is 11.3 Å². The first-order valence-electron chi connectivity index (χ1n) is 18.7. The number of para-hydroxylation sites is 1. The number of hydrogen-bond donors (Lipinski definition) is 0. The Kier molecular flexibility index (Phi) is 7.39. The third kappa shape index (κ3) is 5.40. The van der Waals surface area contributed by atoms with E-state index in [1.165, 1.54) is 64.3 Å². The number of hydrogen-bond acceptors (Lipinski definition) is 3. The Hall–Kier alpha value is -6.94. The van der Waals surface area contributed by atoms with Crippen molar-refractivity contribution < 1.29 is 4.42 Å². The first kappa shape index (κ1) is 31.6. The van der Waals surface area contributed by atoms with E-state index in [4.69, 9.17) is 4.42 Å². The highest BCUT2D eigenvalue weighted by atomic mass is 32.1. The number of anilines is 3. The van der Waals surface area contributed by atoms with E-state index in [2.05, 4.69) is 193 Å². The first-order valence-corrected chi connectivity index (χ1v) is 19.5. The summed E-state index contributed by atoms with van der Waals surface area (Å²) in [6.07, 6.45) is 0. The third-order valence-electron chi connectivity index (χ3n) is 10.9. The monoisotopic (exact) mass is 719 g/mol. The van der Waals surface area contributed by atoms with Gasteiger partial charge in [0.05, 0.1) is 11.1 Å². The molecule has 9 aromatic carbocycles. The summed E-state index contributed by atoms with van der Waals surface area (Å²) in [7, 11) is 0. The maximum Gasteiger partial charge on any atom is 0.137 e. The summed E-state index contributed by atoms with van der Waals surface area (Å²) in [6, 6.07) is 72.2. The molecule has 258 valence electrons. The molecule has 0 saturated carbocycles. The lowest BCUT2D eigenvalue weighted by molar-refractivity contribution is 0.669. The van der Waals surface area contributed by atoms with E-state index in [1.807, 2.05) is 23.5 Å². The zero-order chi connectivity index (χ0) is 36.3. The smallest absolute Gasteiger partial charge is 0.137 e. The summed E-state index contributed by atoms with van der Waals surface area (Å²) >= 11 is 1.86. The molecule has 0 fully saturated rings. The average molecular weight is 720 g/mol. The van der Waals surface area contributed by atoms with Crippen LogP contribution in [0, 0.1) is 0 Å². The molecule has 0 unspecified atom stereocenters. The Balaban J connectivity index is 0.981. The van der Waals surface area contributed by atoms with E-state index in [1.54, 1.807) is 0 Å². The van der Waals surface area contributed by atoms with Gasteiger partial charge in [0.15, 0.2) is 0 Å². The number of fused-ring (bicyclic) bond motifs is 7. The molecule has 55 heavy (non-hydrogen) atoms. The number of thiophene rings is 1. The molecule has 0 N–H and O–H groups in total. The maximum absolute atomic E-state index is 6.37. The molecule has 0 atom stereocenters. The van der Waals surface area contributed by atoms with Gasteiger partial charge in [-0.15, -0.1) is 11.3 Å². The lowest BCUT2D eigenvalue weighted by Gasteiger charge is -2.26. The highest BCUT2D eigenvalue weighted by molar-refractivity contribution is 7.25. The van der Waals surface area contributed by atoms with Crippen LogP contribution in [0.2, 0.25) is 0 Å². The Bertz CT molecular complexity index is 3180. The van der Waals surface area contributed by atoms with Crippen LogP contribution in [0.3, 0.4) is 0 Å². The normalized spacial score (nSPS) is 11.6. The van der Waals surface area contributed by atoms with Gasteiger partial charge in [-0.25, -0.2) is 0 Å². The summed E-state index contributed by atoms with van der Waals surface area (Å²) in [4.78, 5) is 2.36. The molecule has 11 aromatic rings. The van der Waals surface area contributed by atoms with Crippen LogP contribution in [0.25, 0.3) is 86.3 Å². The van der Waals surface area contributed by atoms with Crippen LogP contribution in [-0.2, 0) is 0 Å². The van der Waals surface area contributed by atoms with Gasteiger partial charge in [0, 0.05) is 36.9 Å². The molecule has 2 heterocycles. The summed E-state index contributed by atoms with van der Waals surface area (Å²) in [5.41, 5.74) is 12.2. The Morgan fingerprint density at radius 3 is 1.69 bits per heavy atom. The summed E-state index contributed by atoms with van der Waals surface area (Å²) in [5, 5.41) is 7.38. The van der Waals surface area contributed by atoms with E-state index in [0.717, 1.165) is 39.0 Å². The zero-order valence-corrected chi connectivity index (χ0v) is 30.6. The molecule has 0 amide bonds. The van der Waals surface area contributed by atoms with Crippen molar-refractivity contribution >= 4 is 81.3 Å². The fraction of sp³-hybridized carbons (Fsp3) is 0. The van der Waals surface area contributed by atoms with E-state index in [9.17, 15) is 0 Å². The van der Waals surface area contributed by atoms with E-state index in [0.29, 0.717) is 0 Å². The van der Waals surface area contributed by atoms with Crippen LogP contribution in [0.1, 0.15) is 0 Å². The molecule has 3 heteroatoms. The minimum Gasteiger partial charge on any atom is -0.456 e. The first-order chi connectivity index (χ1) is 27.2. The van der Waals surface area contributed by atoms with Crippen molar-refractivity contribution in [3.8, 4) is 33.4 Å². The lowest BCUT2D eigenvalue weighted by atomic mass is 9.96. The Morgan fingerprint density at radius 2 is 0.909 bits per heavy atom. The van der Waals surface area contributed by atoms with Crippen molar-refractivity contribution in [2.24, 2.45) is 0 Å². The van der Waals surface area contributed by atoms with Crippen molar-refractivity contribution in [2.75, 3.05) is 4.90 Å². The van der Waals surface area contributed by atoms with Crippen molar-refractivity contribution in [2.45, 2.75) is 0 Å². The number of benzene rings is 9. The molecule has 11 rings (SSSR count). The molecule has 0 spiro atoms. The van der Waals surface area contributed by atoms with Gasteiger partial charge >= 0.3 is 0 Å². The fourth-order valence-corrected chi connectivity index (χ4v) is 9.35. The van der Waals surface area contributed by atoms with Crippen LogP contribution < -0.4 is 4.90 Å². The second kappa shape index (κ2) is 12.9. The van der Waals surface area contributed by atoms with Crippen molar-refractivity contribution in [3.05, 3.63) is 200 Å². The van der Waals surface area contributed by atoms with Crippen LogP contribution in [0.5, 0.6) is 0 Å². The topological polar surface area (TPSA) is 16.4 Å². The Labute approximate surface area is 322 Å². The van der Waals surface area contributed by atoms with Gasteiger partial charge in [-0.1, -0.05) is 146 Å². The van der Waals surface area contributed by atoms with E-state index >= 15 is 0 Å². The van der Waals surface area contributed by atoms with Crippen molar-refractivity contribution in [1.82, 2.24) is 0 Å². The highest BCUT2D eigenvalue weighted by Crippen LogP contribution is 2.44. The lowest BCUT2D eigenvalue weighted by Crippen LogP contribution is -2.10. The minimum atomic E-state index is 0.875. The summed E-state index contributed by atoms with van der Waals surface area (Å²) < 4.78 is 9.00. The number of furan rings is 1. The summed E-state index contributed by atoms with van der Waals surface area (Å²) in [6.45, 7) is 0. The molecule has 0 aliphatic carbocycles. The molecule has 0 saturated heterocycles.